The number of nitrogens with zero attached hydrogens (tertiary/aromatic N) is 8. The lowest BCUT2D eigenvalue weighted by molar-refractivity contribution is -0.125. The Balaban J connectivity index is 0.000000131. The number of ether oxygens (including phenoxy) is 1. The molecule has 10 aromatic rings. The Morgan fingerprint density at radius 2 is 1.00 bits per heavy atom. The number of nitrogen functional groups attached to an aromatic ring is 2. The summed E-state index contributed by atoms with van der Waals surface area (Å²) >= 11 is 10.3. The number of carboxylic acids is 1. The minimum atomic E-state index is -0.956. The largest absolute Gasteiger partial charge is 0.477 e. The number of hydrogen-bond acceptors (Lipinski definition) is 23. The summed E-state index contributed by atoms with van der Waals surface area (Å²) in [5, 5.41) is 29.9. The van der Waals surface area contributed by atoms with Crippen LogP contribution in [0.15, 0.2) is 185 Å². The number of carbonyl (C=O) groups is 6. The number of aryl methyl sites for hydroxylation is 1. The highest BCUT2D eigenvalue weighted by molar-refractivity contribution is 9.11. The smallest absolute Gasteiger partial charge is 0.349 e. The molecule has 0 radical (unpaired) electrons. The van der Waals surface area contributed by atoms with E-state index in [2.05, 4.69) is 124 Å². The Kier molecular flexibility index (Phi) is 23.5. The Hall–Kier alpha value is -9.75. The topological polar surface area (TPSA) is 299 Å². The van der Waals surface area contributed by atoms with Gasteiger partial charge in [-0.3, -0.25) is 19.2 Å². The van der Waals surface area contributed by atoms with Crippen LogP contribution < -0.4 is 62.6 Å². The molecule has 6 saturated heterocycles. The van der Waals surface area contributed by atoms with Crippen LogP contribution >= 0.6 is 72.6 Å². The third-order valence-corrected chi connectivity index (χ3v) is 24.3. The second-order valence-electron chi connectivity index (χ2n) is 24.9. The number of carbonyl (C=O) groups excluding carboxylic acids is 5. The highest BCUT2D eigenvalue weighted by Crippen LogP contribution is 2.41. The lowest BCUT2D eigenvalue weighted by Crippen LogP contribution is -2.56. The highest BCUT2D eigenvalue weighted by Gasteiger charge is 2.53. The second kappa shape index (κ2) is 33.1. The average Bonchev–Trinajstić information content (AvgIpc) is 1.65. The number of rotatable bonds is 12. The molecule has 29 heteroatoms. The van der Waals surface area contributed by atoms with Crippen LogP contribution in [-0.2, 0) is 19.1 Å². The summed E-state index contributed by atoms with van der Waals surface area (Å²) in [7, 11) is 0. The molecule has 0 saturated carbocycles. The van der Waals surface area contributed by atoms with Crippen molar-refractivity contribution in [3.63, 3.8) is 0 Å². The maximum Gasteiger partial charge on any atom is 0.349 e. The number of thiazole rings is 3. The van der Waals surface area contributed by atoms with E-state index in [9.17, 15) is 28.8 Å². The van der Waals surface area contributed by atoms with Crippen LogP contribution in [0.3, 0.4) is 0 Å². The number of esters is 1. The molecule has 6 fully saturated rings. The molecule has 23 nitrogen and oxygen atoms in total. The van der Waals surface area contributed by atoms with Gasteiger partial charge in [0.05, 0.1) is 56.6 Å². The SMILES string of the molecule is CCOC(=O)c1cnc(Br)s1.Cc1ccc(-c2cccs2)cc1N.Nc1ccc(-c2cccs2)cc1NC(=O)c1cnc(N2CCC3(CC2)C(=O)NCN3c2ccccc2)s1.O=C(O)c1cnc(N2CCC3(CC2)C(=O)NCN3c2ccccc2)s1.O=C1NCN(c2ccccc2)C12CCNCC2. The molecule has 16 rings (SSSR count). The number of thiophene rings is 2. The van der Waals surface area contributed by atoms with E-state index in [4.69, 9.17) is 21.3 Å². The average molecular weight is 1550 g/mol. The first-order valence-electron chi connectivity index (χ1n) is 33.6. The van der Waals surface area contributed by atoms with Crippen LogP contribution in [0.2, 0.25) is 0 Å². The molecule has 6 aliphatic rings. The van der Waals surface area contributed by atoms with Gasteiger partial charge >= 0.3 is 11.9 Å². The summed E-state index contributed by atoms with van der Waals surface area (Å²) in [5.74, 6) is -1.17. The minimum absolute atomic E-state index is 0.0707. The van der Waals surface area contributed by atoms with Gasteiger partial charge in [0.2, 0.25) is 17.7 Å². The molecular weight excluding hydrogens is 1470 g/mol. The van der Waals surface area contributed by atoms with E-state index in [1.807, 2.05) is 128 Å². The van der Waals surface area contributed by atoms with E-state index >= 15 is 0 Å². The van der Waals surface area contributed by atoms with Crippen molar-refractivity contribution in [2.45, 2.75) is 69.0 Å². The summed E-state index contributed by atoms with van der Waals surface area (Å²) < 4.78 is 5.45. The van der Waals surface area contributed by atoms with E-state index in [1.165, 1.54) is 56.8 Å². The quantitative estimate of drug-likeness (QED) is 0.0416. The zero-order valence-corrected chi connectivity index (χ0v) is 62.3. The number of benzene rings is 5. The number of halogens is 1. The third-order valence-electron chi connectivity index (χ3n) is 18.9. The van der Waals surface area contributed by atoms with Crippen LogP contribution in [0, 0.1) is 6.92 Å². The Morgan fingerprint density at radius 3 is 1.43 bits per heavy atom. The molecule has 4 amide bonds. The fraction of sp³-hybridized carbons (Fsp3) is 0.284. The number of amides is 4. The highest BCUT2D eigenvalue weighted by atomic mass is 79.9. The first-order valence-corrected chi connectivity index (χ1v) is 38.6. The summed E-state index contributed by atoms with van der Waals surface area (Å²) in [6, 6.07) is 50.3. The zero-order valence-electron chi connectivity index (χ0n) is 56.6. The van der Waals surface area contributed by atoms with Gasteiger partial charge in [-0.15, -0.1) is 34.0 Å². The number of nitrogens with two attached hydrogens (primary N) is 2. The van der Waals surface area contributed by atoms with E-state index in [0.29, 0.717) is 109 Å². The van der Waals surface area contributed by atoms with Crippen LogP contribution in [0.5, 0.6) is 0 Å². The van der Waals surface area contributed by atoms with Crippen LogP contribution in [0.4, 0.5) is 44.4 Å². The molecule has 5 aromatic carbocycles. The summed E-state index contributed by atoms with van der Waals surface area (Å²) in [4.78, 5) is 99.8. The monoisotopic (exact) mass is 1540 g/mol. The van der Waals surface area contributed by atoms with Gasteiger partial charge in [-0.2, -0.15) is 0 Å². The number of anilines is 8. The maximum absolute atomic E-state index is 13.0. The molecule has 11 heterocycles. The normalized spacial score (nSPS) is 16.8. The van der Waals surface area contributed by atoms with Gasteiger partial charge in [0.15, 0.2) is 14.2 Å². The van der Waals surface area contributed by atoms with Crippen molar-refractivity contribution >= 4 is 153 Å². The van der Waals surface area contributed by atoms with Gasteiger partial charge in [0.1, 0.15) is 31.2 Å². The predicted octanol–water partition coefficient (Wildman–Crippen LogP) is 12.5. The molecule has 0 unspecified atom stereocenters. The molecule has 0 aliphatic carbocycles. The summed E-state index contributed by atoms with van der Waals surface area (Å²) in [5.41, 5.74) is 19.1. The van der Waals surface area contributed by atoms with E-state index < -0.39 is 17.0 Å². The van der Waals surface area contributed by atoms with Crippen molar-refractivity contribution in [2.75, 3.05) is 107 Å². The van der Waals surface area contributed by atoms with Gasteiger partial charge in [-0.1, -0.05) is 108 Å². The maximum atomic E-state index is 13.0. The Morgan fingerprint density at radius 1 is 0.553 bits per heavy atom. The van der Waals surface area contributed by atoms with Crippen molar-refractivity contribution in [1.82, 2.24) is 36.2 Å². The molecule has 534 valence electrons. The molecule has 6 aliphatic heterocycles. The fourth-order valence-electron chi connectivity index (χ4n) is 13.3. The molecule has 5 aromatic heterocycles. The lowest BCUT2D eigenvalue weighted by Gasteiger charge is -2.43. The molecule has 0 atom stereocenters. The first-order chi connectivity index (χ1) is 50.0. The van der Waals surface area contributed by atoms with Crippen LogP contribution in [-0.4, -0.2) is 138 Å². The summed E-state index contributed by atoms with van der Waals surface area (Å²) in [6.07, 6.45) is 8.98. The molecular formula is C74H78BrN15O8S5. The number of carboxylic acid groups (broad SMARTS) is 1. The van der Waals surface area contributed by atoms with E-state index in [-0.39, 0.29) is 40.0 Å². The van der Waals surface area contributed by atoms with Crippen LogP contribution in [0.25, 0.3) is 20.9 Å². The van der Waals surface area contributed by atoms with Gasteiger partial charge in [-0.25, -0.2) is 24.5 Å². The number of piperidine rings is 3. The standard InChI is InChI=1S/C27H26N6O2S2.C17H18N4O3S.C13H17N3O.C11H11NS.C6H6BrNO2S/c28-20-9-8-18(22-7-4-14-36-22)15-21(20)31-24(34)23-16-29-26(37-23)32-12-10-27(11-13-32)25(35)30-17-33(27)19-5-2-1-3-6-19;22-14(23)13-10-18-16(25-13)20-8-6-17(7-9-20)15(24)19-11-21(17)12-4-2-1-3-5-12;17-12-13(6-8-14-9-7-13)16(10-15-12)11-4-2-1-3-5-11;1-8-4-5-9(7-10(8)12)11-3-2-6-13-11;1-2-10-5(9)4-3-8-6(7)11-4/h1-9,14-16H,10-13,17,28H2,(H,30,35)(H,31,34);1-5,10H,6-9,11H2,(H,19,24)(H,22,23);1-5,14H,6-10H2,(H,15,17);2-7H,12H2,1H3;3H,2H2,1H3. The Bertz CT molecular complexity index is 4540. The number of hydrogen-bond donors (Lipinski definition) is 8. The fourth-order valence-corrected chi connectivity index (χ4v) is 17.6. The van der Waals surface area contributed by atoms with Gasteiger partial charge in [0, 0.05) is 58.7 Å². The number of aromatic carboxylic acids is 1. The van der Waals surface area contributed by atoms with Crippen molar-refractivity contribution in [3.8, 4) is 20.9 Å². The van der Waals surface area contributed by atoms with Gasteiger partial charge < -0.3 is 72.4 Å². The number of para-hydroxylation sites is 3. The molecule has 103 heavy (non-hydrogen) atoms. The first kappa shape index (κ1) is 73.0. The predicted molar refractivity (Wildman–Crippen MR) is 417 cm³/mol. The molecule has 10 N–H and O–H groups in total. The van der Waals surface area contributed by atoms with Gasteiger partial charge in [0.25, 0.3) is 5.91 Å². The number of aromatic nitrogens is 3. The van der Waals surface area contributed by atoms with E-state index in [1.54, 1.807) is 35.8 Å². The van der Waals surface area contributed by atoms with Crippen molar-refractivity contribution in [1.29, 1.82) is 0 Å². The lowest BCUT2D eigenvalue weighted by atomic mass is 9.86. The summed E-state index contributed by atoms with van der Waals surface area (Å²) in [6.45, 7) is 10.4. The zero-order chi connectivity index (χ0) is 72.1. The van der Waals surface area contributed by atoms with Crippen molar-refractivity contribution in [2.24, 2.45) is 0 Å². The molecule has 3 spiro atoms. The Labute approximate surface area is 625 Å². The van der Waals surface area contributed by atoms with Crippen LogP contribution in [0.1, 0.15) is 80.0 Å². The third kappa shape index (κ3) is 16.5. The van der Waals surface area contributed by atoms with E-state index in [0.717, 1.165) is 69.8 Å². The van der Waals surface area contributed by atoms with Gasteiger partial charge in [-0.05, 0) is 176 Å². The second-order valence-corrected chi connectivity index (χ2v) is 31.1. The van der Waals surface area contributed by atoms with Crippen molar-refractivity contribution < 1.29 is 38.6 Å². The number of nitrogens with one attached hydrogen (secondary N) is 5. The molecule has 0 bridgehead atoms. The minimum Gasteiger partial charge on any atom is -0.477 e. The van der Waals surface area contributed by atoms with Crippen molar-refractivity contribution in [3.05, 3.63) is 205 Å².